The van der Waals surface area contributed by atoms with Gasteiger partial charge in [0.05, 0.1) is 0 Å². The van der Waals surface area contributed by atoms with Crippen molar-refractivity contribution in [2.24, 2.45) is 5.92 Å². The zero-order valence-corrected chi connectivity index (χ0v) is 12.5. The first-order chi connectivity index (χ1) is 9.13. The van der Waals surface area contributed by atoms with Crippen LogP contribution >= 0.6 is 0 Å². The topological polar surface area (TPSA) is 44.4 Å². The lowest BCUT2D eigenvalue weighted by Gasteiger charge is -2.33. The smallest absolute Gasteiger partial charge is 0.221 e. The summed E-state index contributed by atoms with van der Waals surface area (Å²) in [5.41, 5.74) is 0. The molecule has 0 aromatic rings. The van der Waals surface area contributed by atoms with Crippen molar-refractivity contribution in [1.82, 2.24) is 15.5 Å². The maximum atomic E-state index is 11.5. The zero-order valence-electron chi connectivity index (χ0n) is 12.5. The lowest BCUT2D eigenvalue weighted by molar-refractivity contribution is -0.121. The second kappa shape index (κ2) is 7.25. The molecule has 2 N–H and O–H groups in total. The molecule has 4 heteroatoms. The van der Waals surface area contributed by atoms with Crippen LogP contribution in [0.1, 0.15) is 46.0 Å². The molecule has 0 aromatic heterocycles. The molecule has 19 heavy (non-hydrogen) atoms. The fraction of sp³-hybridized carbons (Fsp3) is 0.933. The average molecular weight is 267 g/mol. The number of carbonyl (C=O) groups excluding carboxylic acids is 1. The van der Waals surface area contributed by atoms with Crippen molar-refractivity contribution in [3.05, 3.63) is 0 Å². The van der Waals surface area contributed by atoms with Crippen LogP contribution in [0.3, 0.4) is 0 Å². The molecule has 0 spiro atoms. The Labute approximate surface area is 117 Å². The fourth-order valence-corrected chi connectivity index (χ4v) is 2.75. The zero-order chi connectivity index (χ0) is 13.7. The number of likely N-dealkylation sites (tertiary alicyclic amines) is 1. The van der Waals surface area contributed by atoms with E-state index >= 15 is 0 Å². The van der Waals surface area contributed by atoms with E-state index in [9.17, 15) is 4.79 Å². The van der Waals surface area contributed by atoms with E-state index in [1.165, 1.54) is 45.3 Å². The predicted octanol–water partition coefficient (Wildman–Crippen LogP) is 1.37. The quantitative estimate of drug-likeness (QED) is 0.732. The Kier molecular flexibility index (Phi) is 5.64. The summed E-state index contributed by atoms with van der Waals surface area (Å²) in [6, 6.07) is 1.10. The summed E-state index contributed by atoms with van der Waals surface area (Å²) in [7, 11) is 0. The monoisotopic (exact) mass is 267 g/mol. The van der Waals surface area contributed by atoms with E-state index in [-0.39, 0.29) is 5.91 Å². The second-order valence-corrected chi connectivity index (χ2v) is 6.51. The van der Waals surface area contributed by atoms with Gasteiger partial charge < -0.3 is 15.5 Å². The Morgan fingerprint density at radius 3 is 2.42 bits per heavy atom. The normalized spacial score (nSPS) is 21.8. The fourth-order valence-electron chi connectivity index (χ4n) is 2.75. The van der Waals surface area contributed by atoms with Crippen molar-refractivity contribution in [2.75, 3.05) is 26.2 Å². The van der Waals surface area contributed by atoms with E-state index in [2.05, 4.69) is 29.4 Å². The standard InChI is InChI=1S/C15H29N3O/c1-12(2)11-18-9-6-13(7-10-18)16-8-5-15(19)17-14-3-4-14/h12-14,16H,3-11H2,1-2H3,(H,17,19). The molecule has 1 amide bonds. The van der Waals surface area contributed by atoms with Crippen LogP contribution in [0.5, 0.6) is 0 Å². The van der Waals surface area contributed by atoms with Crippen LogP contribution in [0.25, 0.3) is 0 Å². The molecule has 0 radical (unpaired) electrons. The molecular formula is C15H29N3O. The third-order valence-electron chi connectivity index (χ3n) is 3.94. The van der Waals surface area contributed by atoms with Crippen molar-refractivity contribution < 1.29 is 4.79 Å². The number of nitrogens with one attached hydrogen (secondary N) is 2. The first-order valence-corrected chi connectivity index (χ1v) is 7.88. The van der Waals surface area contributed by atoms with Gasteiger partial charge in [-0.15, -0.1) is 0 Å². The first kappa shape index (κ1) is 14.8. The molecule has 1 saturated heterocycles. The third kappa shape index (κ3) is 5.91. The van der Waals surface area contributed by atoms with Gasteiger partial charge in [-0.05, 0) is 44.7 Å². The number of hydrogen-bond donors (Lipinski definition) is 2. The highest BCUT2D eigenvalue weighted by Crippen LogP contribution is 2.18. The van der Waals surface area contributed by atoms with Crippen molar-refractivity contribution in [3.63, 3.8) is 0 Å². The van der Waals surface area contributed by atoms with E-state index in [4.69, 9.17) is 0 Å². The minimum Gasteiger partial charge on any atom is -0.353 e. The maximum absolute atomic E-state index is 11.5. The molecule has 0 bridgehead atoms. The summed E-state index contributed by atoms with van der Waals surface area (Å²) < 4.78 is 0. The minimum absolute atomic E-state index is 0.215. The Balaban J connectivity index is 1.51. The Bertz CT molecular complexity index is 281. The van der Waals surface area contributed by atoms with Gasteiger partial charge in [0.1, 0.15) is 0 Å². The van der Waals surface area contributed by atoms with E-state index in [1.54, 1.807) is 0 Å². The van der Waals surface area contributed by atoms with Crippen molar-refractivity contribution in [3.8, 4) is 0 Å². The van der Waals surface area contributed by atoms with Gasteiger partial charge >= 0.3 is 0 Å². The SMILES string of the molecule is CC(C)CN1CCC(NCCC(=O)NC2CC2)CC1. The van der Waals surface area contributed by atoms with Gasteiger partial charge in [-0.2, -0.15) is 0 Å². The summed E-state index contributed by atoms with van der Waals surface area (Å²) in [6.45, 7) is 9.00. The van der Waals surface area contributed by atoms with E-state index < -0.39 is 0 Å². The molecule has 110 valence electrons. The lowest BCUT2D eigenvalue weighted by Crippen LogP contribution is -2.44. The largest absolute Gasteiger partial charge is 0.353 e. The molecular weight excluding hydrogens is 238 g/mol. The molecule has 0 atom stereocenters. The van der Waals surface area contributed by atoms with Gasteiger partial charge in [-0.1, -0.05) is 13.8 Å². The summed E-state index contributed by atoms with van der Waals surface area (Å²) in [6.07, 6.45) is 5.41. The van der Waals surface area contributed by atoms with Gasteiger partial charge in [0.15, 0.2) is 0 Å². The lowest BCUT2D eigenvalue weighted by atomic mass is 10.0. The summed E-state index contributed by atoms with van der Waals surface area (Å²) >= 11 is 0. The molecule has 1 aliphatic carbocycles. The Hall–Kier alpha value is -0.610. The minimum atomic E-state index is 0.215. The van der Waals surface area contributed by atoms with Crippen LogP contribution < -0.4 is 10.6 Å². The highest BCUT2D eigenvalue weighted by molar-refractivity contribution is 5.76. The van der Waals surface area contributed by atoms with Gasteiger partial charge in [0.2, 0.25) is 5.91 Å². The molecule has 1 heterocycles. The van der Waals surface area contributed by atoms with E-state index in [0.29, 0.717) is 18.5 Å². The van der Waals surface area contributed by atoms with Crippen molar-refractivity contribution in [2.45, 2.75) is 58.0 Å². The third-order valence-corrected chi connectivity index (χ3v) is 3.94. The number of piperidine rings is 1. The van der Waals surface area contributed by atoms with Crippen LogP contribution in [-0.2, 0) is 4.79 Å². The second-order valence-electron chi connectivity index (χ2n) is 6.51. The molecule has 0 aromatic carbocycles. The van der Waals surface area contributed by atoms with E-state index in [1.807, 2.05) is 0 Å². The van der Waals surface area contributed by atoms with Crippen molar-refractivity contribution in [1.29, 1.82) is 0 Å². The highest BCUT2D eigenvalue weighted by Gasteiger charge is 2.23. The summed E-state index contributed by atoms with van der Waals surface area (Å²) in [4.78, 5) is 14.1. The molecule has 4 nitrogen and oxygen atoms in total. The molecule has 1 aliphatic heterocycles. The summed E-state index contributed by atoms with van der Waals surface area (Å²) in [5.74, 6) is 0.975. The molecule has 2 rings (SSSR count). The molecule has 2 aliphatic rings. The van der Waals surface area contributed by atoms with Crippen LogP contribution in [0.15, 0.2) is 0 Å². The van der Waals surface area contributed by atoms with Gasteiger partial charge in [-0.25, -0.2) is 0 Å². The maximum Gasteiger partial charge on any atom is 0.221 e. The number of carbonyl (C=O) groups is 1. The first-order valence-electron chi connectivity index (χ1n) is 7.88. The number of amides is 1. The van der Waals surface area contributed by atoms with Gasteiger partial charge in [0.25, 0.3) is 0 Å². The predicted molar refractivity (Wildman–Crippen MR) is 78.1 cm³/mol. The number of rotatable bonds is 7. The van der Waals surface area contributed by atoms with E-state index in [0.717, 1.165) is 12.5 Å². The van der Waals surface area contributed by atoms with Crippen LogP contribution in [0.4, 0.5) is 0 Å². The van der Waals surface area contributed by atoms with Crippen LogP contribution in [0, 0.1) is 5.92 Å². The summed E-state index contributed by atoms with van der Waals surface area (Å²) in [5, 5.41) is 6.57. The van der Waals surface area contributed by atoms with Gasteiger partial charge in [0, 0.05) is 31.6 Å². The number of hydrogen-bond acceptors (Lipinski definition) is 3. The van der Waals surface area contributed by atoms with Gasteiger partial charge in [-0.3, -0.25) is 4.79 Å². The Morgan fingerprint density at radius 1 is 1.16 bits per heavy atom. The van der Waals surface area contributed by atoms with Crippen LogP contribution in [0.2, 0.25) is 0 Å². The highest BCUT2D eigenvalue weighted by atomic mass is 16.1. The molecule has 1 saturated carbocycles. The molecule has 0 unspecified atom stereocenters. The Morgan fingerprint density at radius 2 is 1.84 bits per heavy atom. The molecule has 2 fully saturated rings. The van der Waals surface area contributed by atoms with Crippen molar-refractivity contribution >= 4 is 5.91 Å². The van der Waals surface area contributed by atoms with Crippen LogP contribution in [-0.4, -0.2) is 49.1 Å². The number of nitrogens with zero attached hydrogens (tertiary/aromatic N) is 1. The average Bonchev–Trinajstić information content (AvgIpc) is 3.14.